The number of furan rings is 1. The molecular weight excluding hydrogens is 286 g/mol. The molecule has 1 aliphatic heterocycles. The zero-order valence-electron chi connectivity index (χ0n) is 12.4. The number of carboxylic acids is 1. The first kappa shape index (κ1) is 14.5. The van der Waals surface area contributed by atoms with E-state index >= 15 is 0 Å². The van der Waals surface area contributed by atoms with Gasteiger partial charge in [-0.25, -0.2) is 0 Å². The summed E-state index contributed by atoms with van der Waals surface area (Å²) in [5, 5.41) is 9.58. The molecule has 0 saturated heterocycles. The number of rotatable bonds is 5. The Balaban J connectivity index is 1.84. The second kappa shape index (κ2) is 5.73. The molecule has 0 fully saturated rings. The van der Waals surface area contributed by atoms with Crippen LogP contribution in [-0.4, -0.2) is 29.8 Å². The van der Waals surface area contributed by atoms with Crippen LogP contribution in [0.25, 0.3) is 0 Å². The Morgan fingerprint density at radius 3 is 2.73 bits per heavy atom. The summed E-state index contributed by atoms with van der Waals surface area (Å²) in [5.74, 6) is 1.82. The van der Waals surface area contributed by atoms with Gasteiger partial charge in [0.05, 0.1) is 6.54 Å². The molecule has 0 aliphatic carbocycles. The van der Waals surface area contributed by atoms with Crippen molar-refractivity contribution in [2.24, 2.45) is 0 Å². The van der Waals surface area contributed by atoms with Crippen LogP contribution in [0.4, 0.5) is 0 Å². The number of carbonyl (C=O) groups is 1. The van der Waals surface area contributed by atoms with Crippen molar-refractivity contribution in [1.29, 1.82) is 0 Å². The number of likely N-dealkylation sites (N-methyl/N-ethyl adjacent to an activating group) is 1. The summed E-state index contributed by atoms with van der Waals surface area (Å²) >= 11 is 0. The van der Waals surface area contributed by atoms with Gasteiger partial charge in [0.25, 0.3) is 0 Å². The third-order valence-electron chi connectivity index (χ3n) is 3.59. The fourth-order valence-electron chi connectivity index (χ4n) is 2.58. The summed E-state index contributed by atoms with van der Waals surface area (Å²) in [6, 6.07) is 8.11. The van der Waals surface area contributed by atoms with Gasteiger partial charge in [0.15, 0.2) is 11.5 Å². The highest BCUT2D eigenvalue weighted by Crippen LogP contribution is 2.35. The first-order chi connectivity index (χ1) is 10.5. The molecular formula is C16H17NO5. The number of hydrogen-bond donors (Lipinski definition) is 1. The molecule has 1 aliphatic rings. The van der Waals surface area contributed by atoms with Crippen molar-refractivity contribution in [2.45, 2.75) is 19.5 Å². The Bertz CT molecular complexity index is 694. The maximum absolute atomic E-state index is 11.7. The summed E-state index contributed by atoms with van der Waals surface area (Å²) < 4.78 is 16.1. The van der Waals surface area contributed by atoms with Crippen molar-refractivity contribution in [3.05, 3.63) is 47.4 Å². The standard InChI is InChI=1S/C16H17NO5/c1-10-3-5-12(22-10)8-17(2)15(16(18)19)11-4-6-13-14(7-11)21-9-20-13/h3-7,15H,8-9H2,1-2H3,(H,18,19)/t15-/m1/s1. The number of hydrogen-bond acceptors (Lipinski definition) is 5. The quantitative estimate of drug-likeness (QED) is 0.915. The fraction of sp³-hybridized carbons (Fsp3) is 0.312. The average Bonchev–Trinajstić information content (AvgIpc) is 3.07. The zero-order chi connectivity index (χ0) is 15.7. The van der Waals surface area contributed by atoms with Gasteiger partial charge in [-0.2, -0.15) is 0 Å². The minimum absolute atomic E-state index is 0.165. The van der Waals surface area contributed by atoms with E-state index in [1.807, 2.05) is 19.1 Å². The lowest BCUT2D eigenvalue weighted by atomic mass is 10.0. The molecule has 1 aromatic heterocycles. The molecule has 0 bridgehead atoms. The summed E-state index contributed by atoms with van der Waals surface area (Å²) in [7, 11) is 1.75. The van der Waals surface area contributed by atoms with E-state index in [4.69, 9.17) is 13.9 Å². The van der Waals surface area contributed by atoms with Gasteiger partial charge in [0, 0.05) is 0 Å². The molecule has 0 amide bonds. The SMILES string of the molecule is Cc1ccc(CN(C)[C@@H](C(=O)O)c2ccc3c(c2)OCO3)o1. The van der Waals surface area contributed by atoms with Gasteiger partial charge in [0.1, 0.15) is 17.6 Å². The molecule has 2 aromatic rings. The predicted octanol–water partition coefficient (Wildman–Crippen LogP) is 2.57. The van der Waals surface area contributed by atoms with Crippen LogP contribution in [0.15, 0.2) is 34.7 Å². The van der Waals surface area contributed by atoms with E-state index in [9.17, 15) is 9.90 Å². The molecule has 6 heteroatoms. The summed E-state index contributed by atoms with van der Waals surface area (Å²) in [6.07, 6.45) is 0. The van der Waals surface area contributed by atoms with E-state index in [-0.39, 0.29) is 6.79 Å². The second-order valence-corrected chi connectivity index (χ2v) is 5.28. The monoisotopic (exact) mass is 303 g/mol. The van der Waals surface area contributed by atoms with Crippen LogP contribution in [0.2, 0.25) is 0 Å². The van der Waals surface area contributed by atoms with Gasteiger partial charge in [-0.05, 0) is 43.8 Å². The van der Waals surface area contributed by atoms with Crippen LogP contribution in [0.1, 0.15) is 23.1 Å². The predicted molar refractivity (Wildman–Crippen MR) is 77.9 cm³/mol. The molecule has 0 saturated carbocycles. The van der Waals surface area contributed by atoms with Crippen LogP contribution in [0.5, 0.6) is 11.5 Å². The zero-order valence-corrected chi connectivity index (χ0v) is 12.4. The van der Waals surface area contributed by atoms with E-state index in [1.54, 1.807) is 30.1 Å². The Morgan fingerprint density at radius 1 is 1.27 bits per heavy atom. The van der Waals surface area contributed by atoms with Crippen molar-refractivity contribution >= 4 is 5.97 Å². The van der Waals surface area contributed by atoms with Crippen LogP contribution in [0.3, 0.4) is 0 Å². The molecule has 0 radical (unpaired) electrons. The molecule has 116 valence electrons. The van der Waals surface area contributed by atoms with Crippen LogP contribution >= 0.6 is 0 Å². The third-order valence-corrected chi connectivity index (χ3v) is 3.59. The van der Waals surface area contributed by atoms with Crippen molar-refractivity contribution in [3.63, 3.8) is 0 Å². The molecule has 0 unspecified atom stereocenters. The molecule has 1 aromatic carbocycles. The number of aryl methyl sites for hydroxylation is 1. The number of fused-ring (bicyclic) bond motifs is 1. The van der Waals surface area contributed by atoms with Gasteiger partial charge >= 0.3 is 5.97 Å². The highest BCUT2D eigenvalue weighted by atomic mass is 16.7. The minimum Gasteiger partial charge on any atom is -0.480 e. The van der Waals surface area contributed by atoms with Gasteiger partial charge < -0.3 is 19.0 Å². The first-order valence-corrected chi connectivity index (χ1v) is 6.92. The van der Waals surface area contributed by atoms with Crippen molar-refractivity contribution in [2.75, 3.05) is 13.8 Å². The number of nitrogens with zero attached hydrogens (tertiary/aromatic N) is 1. The number of ether oxygens (including phenoxy) is 2. The van der Waals surface area contributed by atoms with Gasteiger partial charge in [-0.1, -0.05) is 6.07 Å². The van der Waals surface area contributed by atoms with Crippen molar-refractivity contribution < 1.29 is 23.8 Å². The molecule has 6 nitrogen and oxygen atoms in total. The van der Waals surface area contributed by atoms with Gasteiger partial charge in [-0.15, -0.1) is 0 Å². The number of aliphatic carboxylic acids is 1. The number of benzene rings is 1. The van der Waals surface area contributed by atoms with Crippen LogP contribution in [-0.2, 0) is 11.3 Å². The fourth-order valence-corrected chi connectivity index (χ4v) is 2.58. The summed E-state index contributed by atoms with van der Waals surface area (Å²) in [5.41, 5.74) is 0.641. The highest BCUT2D eigenvalue weighted by Gasteiger charge is 2.27. The van der Waals surface area contributed by atoms with Gasteiger partial charge in [-0.3, -0.25) is 9.69 Å². The van der Waals surface area contributed by atoms with E-state index in [0.717, 1.165) is 11.5 Å². The highest BCUT2D eigenvalue weighted by molar-refractivity contribution is 5.76. The van der Waals surface area contributed by atoms with Crippen LogP contribution in [0, 0.1) is 6.92 Å². The van der Waals surface area contributed by atoms with Gasteiger partial charge in [0.2, 0.25) is 6.79 Å². The Kier molecular flexibility index (Phi) is 3.77. The maximum Gasteiger partial charge on any atom is 0.325 e. The lowest BCUT2D eigenvalue weighted by Gasteiger charge is -2.24. The average molecular weight is 303 g/mol. The molecule has 1 atom stereocenters. The minimum atomic E-state index is -0.926. The Hall–Kier alpha value is -2.47. The summed E-state index contributed by atoms with van der Waals surface area (Å²) in [6.45, 7) is 2.42. The van der Waals surface area contributed by atoms with Crippen LogP contribution < -0.4 is 9.47 Å². The molecule has 0 spiro atoms. The largest absolute Gasteiger partial charge is 0.480 e. The van der Waals surface area contributed by atoms with E-state index in [0.29, 0.717) is 23.6 Å². The van der Waals surface area contributed by atoms with E-state index in [2.05, 4.69) is 0 Å². The molecule has 2 heterocycles. The lowest BCUT2D eigenvalue weighted by Crippen LogP contribution is -2.30. The number of carboxylic acid groups (broad SMARTS) is 1. The Morgan fingerprint density at radius 2 is 2.05 bits per heavy atom. The molecule has 1 N–H and O–H groups in total. The van der Waals surface area contributed by atoms with E-state index < -0.39 is 12.0 Å². The van der Waals surface area contributed by atoms with Crippen molar-refractivity contribution in [3.8, 4) is 11.5 Å². The smallest absolute Gasteiger partial charge is 0.325 e. The molecule has 3 rings (SSSR count). The van der Waals surface area contributed by atoms with E-state index in [1.165, 1.54) is 0 Å². The van der Waals surface area contributed by atoms with Crippen molar-refractivity contribution in [1.82, 2.24) is 4.90 Å². The first-order valence-electron chi connectivity index (χ1n) is 6.92. The topological polar surface area (TPSA) is 72.1 Å². The Labute approximate surface area is 127 Å². The maximum atomic E-state index is 11.7. The third kappa shape index (κ3) is 2.78. The normalized spacial score (nSPS) is 14.3. The lowest BCUT2D eigenvalue weighted by molar-refractivity contribution is -0.143. The second-order valence-electron chi connectivity index (χ2n) is 5.28. The molecule has 22 heavy (non-hydrogen) atoms. The summed E-state index contributed by atoms with van der Waals surface area (Å²) in [4.78, 5) is 13.4.